The summed E-state index contributed by atoms with van der Waals surface area (Å²) in [6, 6.07) is 84.9. The maximum absolute atomic E-state index is 5.19. The summed E-state index contributed by atoms with van der Waals surface area (Å²) in [5, 5.41) is 0. The second kappa shape index (κ2) is 17.8. The average Bonchev–Trinajstić information content (AvgIpc) is 3.79. The zero-order chi connectivity index (χ0) is 39.6. The molecule has 0 bridgehead atoms. The molecule has 0 unspecified atom stereocenters. The third-order valence-corrected chi connectivity index (χ3v) is 11.3. The third-order valence-electron chi connectivity index (χ3n) is 10.2. The zero-order valence-electron chi connectivity index (χ0n) is 32.4. The molecular weight excluding hydrogens is 733 g/mol. The van der Waals surface area contributed by atoms with Crippen LogP contribution < -0.4 is 9.06 Å². The Kier molecular flexibility index (Phi) is 11.2. The molecule has 9 aromatic rings. The van der Waals surface area contributed by atoms with Gasteiger partial charge in [0.25, 0.3) is 0 Å². The Morgan fingerprint density at radius 1 is 0.237 bits per heavy atom. The van der Waals surface area contributed by atoms with Gasteiger partial charge in [-0.05, 0) is 58.7 Å². The lowest BCUT2D eigenvalue weighted by Crippen LogP contribution is -2.06. The van der Waals surface area contributed by atoms with Crippen molar-refractivity contribution in [3.63, 3.8) is 0 Å². The molecule has 2 nitrogen and oxygen atoms in total. The van der Waals surface area contributed by atoms with Gasteiger partial charge < -0.3 is 0 Å². The van der Waals surface area contributed by atoms with Crippen molar-refractivity contribution in [3.05, 3.63) is 296 Å². The topological polar surface area (TPSA) is 24.7 Å². The molecule has 0 saturated heterocycles. The summed E-state index contributed by atoms with van der Waals surface area (Å²) in [5.41, 5.74) is 15.0. The molecule has 0 radical (unpaired) electrons. The molecule has 1 heterocycles. The monoisotopic (exact) mass is 772 g/mol. The number of aliphatic imine (C=N–C) groups is 2. The van der Waals surface area contributed by atoms with Gasteiger partial charge in [0.2, 0.25) is 0 Å². The summed E-state index contributed by atoms with van der Waals surface area (Å²) in [4.78, 5) is 10.4. The van der Waals surface area contributed by atoms with Gasteiger partial charge in [0.15, 0.2) is 0 Å². The van der Waals surface area contributed by atoms with Crippen LogP contribution in [0.15, 0.2) is 253 Å². The molecule has 0 N–H and O–H groups in total. The first kappa shape index (κ1) is 37.1. The summed E-state index contributed by atoms with van der Waals surface area (Å²) < 4.78 is 2.39. The van der Waals surface area contributed by atoms with Crippen molar-refractivity contribution in [1.29, 1.82) is 0 Å². The zero-order valence-corrected chi connectivity index (χ0v) is 33.2. The summed E-state index contributed by atoms with van der Waals surface area (Å²) in [6.07, 6.45) is 0. The molecule has 0 fully saturated rings. The predicted molar refractivity (Wildman–Crippen MR) is 249 cm³/mol. The van der Waals surface area contributed by atoms with Gasteiger partial charge in [-0.25, -0.2) is 9.98 Å². The van der Waals surface area contributed by atoms with Gasteiger partial charge >= 0.3 is 0 Å². The molecule has 0 saturated carbocycles. The fraction of sp³-hybridized carbons (Fsp3) is 0. The fourth-order valence-electron chi connectivity index (χ4n) is 7.36. The van der Waals surface area contributed by atoms with Gasteiger partial charge in [0.05, 0.1) is 22.8 Å². The Bertz CT molecular complexity index is 2670. The molecule has 3 heteroatoms. The Hall–Kier alpha value is -7.46. The molecule has 59 heavy (non-hydrogen) atoms. The molecule has 9 rings (SSSR count). The highest BCUT2D eigenvalue weighted by Gasteiger charge is 2.13. The van der Waals surface area contributed by atoms with Crippen LogP contribution in [-0.4, -0.2) is 11.4 Å². The third kappa shape index (κ3) is 8.62. The number of thiophene rings is 1. The first-order valence-electron chi connectivity index (χ1n) is 19.8. The minimum atomic E-state index is 0.905. The van der Waals surface area contributed by atoms with Crippen molar-refractivity contribution in [2.24, 2.45) is 9.98 Å². The molecule has 0 aliphatic rings. The second-order valence-electron chi connectivity index (χ2n) is 14.1. The van der Waals surface area contributed by atoms with Crippen molar-refractivity contribution >= 4 is 45.3 Å². The van der Waals surface area contributed by atoms with Gasteiger partial charge in [-0.1, -0.05) is 206 Å². The average molecular weight is 773 g/mol. The van der Waals surface area contributed by atoms with E-state index in [9.17, 15) is 0 Å². The van der Waals surface area contributed by atoms with E-state index in [0.717, 1.165) is 56.2 Å². The van der Waals surface area contributed by atoms with E-state index in [0.29, 0.717) is 0 Å². The number of benzene rings is 8. The van der Waals surface area contributed by atoms with Crippen LogP contribution in [0.4, 0.5) is 11.4 Å². The normalized spacial score (nSPS) is 11.9. The number of hydrogen-bond donors (Lipinski definition) is 0. The highest BCUT2D eigenvalue weighted by molar-refractivity contribution is 7.08. The van der Waals surface area contributed by atoms with Crippen LogP contribution in [0, 0.1) is 0 Å². The van der Waals surface area contributed by atoms with Crippen LogP contribution >= 0.6 is 11.3 Å². The molecule has 8 aromatic carbocycles. The largest absolute Gasteiger partial charge is 0.248 e. The molecule has 0 amide bonds. The Balaban J connectivity index is 1.15. The van der Waals surface area contributed by atoms with Gasteiger partial charge in [-0.3, -0.25) is 0 Å². The standard InChI is InChI=1S/C56H40N2S/c1-7-19-41(20-8-1)53(43-31-35-49(36-32-43)57-55(45-23-11-3-12-24-45)46-25-13-4-14-26-46)51-39-40-52(59-51)54(42-21-9-2-10-22-42)44-33-37-50(38-34-44)58-56(47-27-15-5-16-28-47)48-29-17-6-18-30-48/h1-40H/b53-51+,54-52+. The van der Waals surface area contributed by atoms with E-state index < -0.39 is 0 Å². The maximum atomic E-state index is 5.19. The minimum Gasteiger partial charge on any atom is -0.248 e. The fourth-order valence-corrected chi connectivity index (χ4v) is 8.54. The summed E-state index contributed by atoms with van der Waals surface area (Å²) >= 11 is 1.82. The highest BCUT2D eigenvalue weighted by atomic mass is 32.1. The van der Waals surface area contributed by atoms with Crippen molar-refractivity contribution in [1.82, 2.24) is 0 Å². The van der Waals surface area contributed by atoms with Crippen LogP contribution in [0.25, 0.3) is 11.1 Å². The molecule has 1 aromatic heterocycles. The smallest absolute Gasteiger partial charge is 0.0781 e. The van der Waals surface area contributed by atoms with E-state index in [4.69, 9.17) is 9.98 Å². The Morgan fingerprint density at radius 3 is 0.746 bits per heavy atom. The van der Waals surface area contributed by atoms with Gasteiger partial charge in [0, 0.05) is 42.5 Å². The molecule has 0 aliphatic carbocycles. The van der Waals surface area contributed by atoms with Crippen LogP contribution in [-0.2, 0) is 0 Å². The molecule has 0 atom stereocenters. The molecular formula is C56H40N2S. The molecule has 0 spiro atoms. The van der Waals surface area contributed by atoms with Crippen LogP contribution in [0.3, 0.4) is 0 Å². The first-order chi connectivity index (χ1) is 29.3. The summed E-state index contributed by atoms with van der Waals surface area (Å²) in [7, 11) is 0. The number of hydrogen-bond acceptors (Lipinski definition) is 3. The lowest BCUT2D eigenvalue weighted by molar-refractivity contribution is 1.45. The van der Waals surface area contributed by atoms with E-state index in [1.807, 2.05) is 35.6 Å². The Morgan fingerprint density at radius 2 is 0.475 bits per heavy atom. The van der Waals surface area contributed by atoms with Crippen LogP contribution in [0.5, 0.6) is 0 Å². The van der Waals surface area contributed by atoms with Gasteiger partial charge in [0.1, 0.15) is 0 Å². The Labute approximate surface area is 349 Å². The van der Waals surface area contributed by atoms with Crippen molar-refractivity contribution in [2.45, 2.75) is 0 Å². The lowest BCUT2D eigenvalue weighted by atomic mass is 9.97. The van der Waals surface area contributed by atoms with Gasteiger partial charge in [-0.2, -0.15) is 0 Å². The van der Waals surface area contributed by atoms with Crippen molar-refractivity contribution in [2.75, 3.05) is 0 Å². The highest BCUT2D eigenvalue weighted by Crippen LogP contribution is 2.28. The number of rotatable bonds is 10. The quantitative estimate of drug-likeness (QED) is 0.124. The second-order valence-corrected chi connectivity index (χ2v) is 15.2. The van der Waals surface area contributed by atoms with E-state index in [1.54, 1.807) is 0 Å². The maximum Gasteiger partial charge on any atom is 0.0781 e. The van der Waals surface area contributed by atoms with E-state index in [1.165, 1.54) is 31.3 Å². The van der Waals surface area contributed by atoms with Crippen molar-refractivity contribution < 1.29 is 0 Å². The SMILES string of the molecule is c1ccc(C(=Nc2ccc(/C(c3ccccc3)=c3\cc/c(=C(/c4ccccc4)c4ccc(N=C(c5ccccc5)c5ccccc5)cc4)s3)cc2)c2ccccc2)cc1. The van der Waals surface area contributed by atoms with E-state index >= 15 is 0 Å². The molecule has 0 aliphatic heterocycles. The van der Waals surface area contributed by atoms with E-state index in [-0.39, 0.29) is 0 Å². The summed E-state index contributed by atoms with van der Waals surface area (Å²) in [5.74, 6) is 0. The van der Waals surface area contributed by atoms with E-state index in [2.05, 4.69) is 218 Å². The van der Waals surface area contributed by atoms with Gasteiger partial charge in [-0.15, -0.1) is 11.3 Å². The van der Waals surface area contributed by atoms with Crippen molar-refractivity contribution in [3.8, 4) is 0 Å². The number of nitrogens with zero attached hydrogens (tertiary/aromatic N) is 2. The molecule has 280 valence electrons. The lowest BCUT2D eigenvalue weighted by Gasteiger charge is -2.11. The van der Waals surface area contributed by atoms with Crippen LogP contribution in [0.2, 0.25) is 0 Å². The predicted octanol–water partition coefficient (Wildman–Crippen LogP) is 12.6. The minimum absolute atomic E-state index is 0.905. The van der Waals surface area contributed by atoms with Crippen LogP contribution in [0.1, 0.15) is 44.5 Å². The summed E-state index contributed by atoms with van der Waals surface area (Å²) in [6.45, 7) is 0. The first-order valence-corrected chi connectivity index (χ1v) is 20.6.